The van der Waals surface area contributed by atoms with Gasteiger partial charge < -0.3 is 13.8 Å². The summed E-state index contributed by atoms with van der Waals surface area (Å²) in [6.45, 7) is 1.22. The Bertz CT molecular complexity index is 1160. The Morgan fingerprint density at radius 3 is 2.59 bits per heavy atom. The predicted octanol–water partition coefficient (Wildman–Crippen LogP) is 4.48. The maximum atomic E-state index is 13.2. The fourth-order valence-electron chi connectivity index (χ4n) is 3.50. The van der Waals surface area contributed by atoms with Crippen molar-refractivity contribution in [1.29, 1.82) is 0 Å². The van der Waals surface area contributed by atoms with Gasteiger partial charge in [-0.05, 0) is 54.6 Å². The highest BCUT2D eigenvalue weighted by Crippen LogP contribution is 2.26. The summed E-state index contributed by atoms with van der Waals surface area (Å²) in [6.07, 6.45) is 1.75. The van der Waals surface area contributed by atoms with Crippen LogP contribution in [0.4, 0.5) is 4.39 Å². The van der Waals surface area contributed by atoms with Gasteiger partial charge in [0.05, 0.1) is 11.0 Å². The third kappa shape index (κ3) is 5.35. The number of nitrogens with zero attached hydrogens (tertiary/aromatic N) is 1. The first-order valence-electron chi connectivity index (χ1n) is 10.1. The summed E-state index contributed by atoms with van der Waals surface area (Å²) in [6, 6.07) is 14.7. The summed E-state index contributed by atoms with van der Waals surface area (Å²) in [5.74, 6) is -0.568. The molecule has 1 aliphatic heterocycles. The lowest BCUT2D eigenvalue weighted by atomic mass is 10.1. The van der Waals surface area contributed by atoms with Gasteiger partial charge in [-0.15, -0.1) is 11.3 Å². The van der Waals surface area contributed by atoms with Gasteiger partial charge >= 0.3 is 10.1 Å². The summed E-state index contributed by atoms with van der Waals surface area (Å²) in [5.41, 5.74) is 0.543. The minimum absolute atomic E-state index is 0.0602. The number of benzene rings is 2. The molecule has 168 valence electrons. The largest absolute Gasteiger partial charge is 0.379 e. The van der Waals surface area contributed by atoms with Gasteiger partial charge in [0.15, 0.2) is 0 Å². The molecule has 2 heterocycles. The van der Waals surface area contributed by atoms with Crippen LogP contribution in [-0.2, 0) is 21.4 Å². The molecule has 3 aromatic rings. The van der Waals surface area contributed by atoms with E-state index < -0.39 is 15.9 Å². The van der Waals surface area contributed by atoms with Crippen molar-refractivity contribution in [3.8, 4) is 5.75 Å². The fraction of sp³-hybridized carbons (Fsp3) is 0.261. The maximum Gasteiger partial charge on any atom is 0.339 e. The van der Waals surface area contributed by atoms with Crippen molar-refractivity contribution in [2.24, 2.45) is 0 Å². The molecule has 1 saturated heterocycles. The van der Waals surface area contributed by atoms with Crippen LogP contribution >= 0.6 is 11.3 Å². The molecule has 0 spiro atoms. The highest BCUT2D eigenvalue weighted by atomic mass is 32.2. The zero-order chi connectivity index (χ0) is 22.6. The molecule has 9 heteroatoms. The number of halogens is 1. The lowest BCUT2D eigenvalue weighted by Crippen LogP contribution is -2.36. The number of carbonyl (C=O) groups excluding carboxylic acids is 1. The molecule has 1 aromatic heterocycles. The maximum absolute atomic E-state index is 13.2. The summed E-state index contributed by atoms with van der Waals surface area (Å²) in [5, 5.41) is 1.84. The molecule has 2 aromatic carbocycles. The Hall–Kier alpha value is -2.75. The van der Waals surface area contributed by atoms with Crippen molar-refractivity contribution in [3.63, 3.8) is 0 Å². The normalized spacial score (nSPS) is 16.1. The van der Waals surface area contributed by atoms with Crippen molar-refractivity contribution in [3.05, 3.63) is 82.3 Å². The van der Waals surface area contributed by atoms with Gasteiger partial charge in [0.2, 0.25) is 0 Å². The van der Waals surface area contributed by atoms with E-state index in [0.29, 0.717) is 23.6 Å². The molecule has 0 bridgehead atoms. The standard InChI is InChI=1S/C23H22FNO5S2/c24-18-9-11-20(12-10-18)32(27,28)30-21-7-2-1-5-17(21)15-25(16-19-6-3-13-29-19)23(26)22-8-4-14-31-22/h1-2,4-5,7-12,14,19H,3,6,13,15-16H2/t19-/m1/s1. The first-order valence-corrected chi connectivity index (χ1v) is 12.4. The summed E-state index contributed by atoms with van der Waals surface area (Å²) < 4.78 is 49.7. The van der Waals surface area contributed by atoms with Crippen molar-refractivity contribution in [2.75, 3.05) is 13.2 Å². The second-order valence-corrected chi connectivity index (χ2v) is 9.89. The molecular formula is C23H22FNO5S2. The van der Waals surface area contributed by atoms with Gasteiger partial charge in [-0.3, -0.25) is 4.79 Å². The minimum atomic E-state index is -4.17. The summed E-state index contributed by atoms with van der Waals surface area (Å²) in [7, 11) is -4.17. The monoisotopic (exact) mass is 475 g/mol. The highest BCUT2D eigenvalue weighted by Gasteiger charge is 2.26. The molecule has 1 amide bonds. The summed E-state index contributed by atoms with van der Waals surface area (Å²) >= 11 is 1.35. The van der Waals surface area contributed by atoms with E-state index in [9.17, 15) is 17.6 Å². The van der Waals surface area contributed by atoms with Crippen molar-refractivity contribution >= 4 is 27.4 Å². The topological polar surface area (TPSA) is 72.9 Å². The van der Waals surface area contributed by atoms with Crippen LogP contribution in [-0.4, -0.2) is 38.5 Å². The number of para-hydroxylation sites is 1. The third-order valence-electron chi connectivity index (χ3n) is 5.10. The Balaban J connectivity index is 1.59. The van der Waals surface area contributed by atoms with Crippen LogP contribution in [0.2, 0.25) is 0 Å². The smallest absolute Gasteiger partial charge is 0.339 e. The van der Waals surface area contributed by atoms with E-state index in [1.54, 1.807) is 29.2 Å². The van der Waals surface area contributed by atoms with Gasteiger partial charge in [0.1, 0.15) is 16.5 Å². The molecule has 0 radical (unpaired) electrons. The molecule has 1 atom stereocenters. The number of carbonyl (C=O) groups is 1. The molecule has 32 heavy (non-hydrogen) atoms. The van der Waals surface area contributed by atoms with Gasteiger partial charge in [-0.25, -0.2) is 4.39 Å². The molecule has 1 fully saturated rings. The van der Waals surface area contributed by atoms with E-state index in [2.05, 4.69) is 0 Å². The molecule has 0 N–H and O–H groups in total. The van der Waals surface area contributed by atoms with Crippen LogP contribution in [0.15, 0.2) is 70.9 Å². The van der Waals surface area contributed by atoms with Crippen LogP contribution in [0.1, 0.15) is 28.1 Å². The Labute approximate surface area is 190 Å². The summed E-state index contributed by atoms with van der Waals surface area (Å²) in [4.78, 5) is 15.2. The van der Waals surface area contributed by atoms with Crippen molar-refractivity contribution in [2.45, 2.75) is 30.4 Å². The highest BCUT2D eigenvalue weighted by molar-refractivity contribution is 7.87. The fourth-order valence-corrected chi connectivity index (χ4v) is 5.15. The lowest BCUT2D eigenvalue weighted by molar-refractivity contribution is 0.0510. The van der Waals surface area contributed by atoms with E-state index in [4.69, 9.17) is 8.92 Å². The van der Waals surface area contributed by atoms with Crippen LogP contribution in [0.5, 0.6) is 5.75 Å². The number of amides is 1. The predicted molar refractivity (Wildman–Crippen MR) is 119 cm³/mol. The number of hydrogen-bond donors (Lipinski definition) is 0. The van der Waals surface area contributed by atoms with Crippen molar-refractivity contribution in [1.82, 2.24) is 4.90 Å². The molecule has 4 rings (SSSR count). The Morgan fingerprint density at radius 1 is 1.12 bits per heavy atom. The van der Waals surface area contributed by atoms with E-state index >= 15 is 0 Å². The molecule has 6 nitrogen and oxygen atoms in total. The third-order valence-corrected chi connectivity index (χ3v) is 7.21. The number of ether oxygens (including phenoxy) is 1. The zero-order valence-electron chi connectivity index (χ0n) is 17.1. The average Bonchev–Trinajstić information content (AvgIpc) is 3.49. The van der Waals surface area contributed by atoms with Gasteiger partial charge in [0.25, 0.3) is 5.91 Å². The first kappa shape index (κ1) is 22.4. The second kappa shape index (κ2) is 9.81. The van der Waals surface area contributed by atoms with Gasteiger partial charge in [-0.1, -0.05) is 24.3 Å². The Kier molecular flexibility index (Phi) is 6.88. The number of thiophene rings is 1. The molecule has 0 aliphatic carbocycles. The van der Waals surface area contributed by atoms with Crippen LogP contribution < -0.4 is 4.18 Å². The van der Waals surface area contributed by atoms with Crippen LogP contribution in [0, 0.1) is 5.82 Å². The molecular weight excluding hydrogens is 453 g/mol. The molecule has 1 aliphatic rings. The molecule has 0 saturated carbocycles. The number of hydrogen-bond acceptors (Lipinski definition) is 6. The van der Waals surface area contributed by atoms with E-state index in [1.165, 1.54) is 17.4 Å². The first-order chi connectivity index (χ1) is 15.4. The van der Waals surface area contributed by atoms with Crippen molar-refractivity contribution < 1.29 is 26.5 Å². The van der Waals surface area contributed by atoms with E-state index in [0.717, 1.165) is 37.1 Å². The SMILES string of the molecule is O=C(c1cccs1)N(Cc1ccccc1OS(=O)(=O)c1ccc(F)cc1)C[C@H]1CCCO1. The van der Waals surface area contributed by atoms with Gasteiger partial charge in [-0.2, -0.15) is 8.42 Å². The molecule has 0 unspecified atom stereocenters. The number of rotatable bonds is 8. The van der Waals surface area contributed by atoms with Gasteiger partial charge in [0, 0.05) is 25.3 Å². The Morgan fingerprint density at radius 2 is 1.91 bits per heavy atom. The van der Waals surface area contributed by atoms with Crippen LogP contribution in [0.3, 0.4) is 0 Å². The second-order valence-electron chi connectivity index (χ2n) is 7.40. The lowest BCUT2D eigenvalue weighted by Gasteiger charge is -2.26. The quantitative estimate of drug-likeness (QED) is 0.449. The van der Waals surface area contributed by atoms with E-state index in [1.807, 2.05) is 11.4 Å². The van der Waals surface area contributed by atoms with Crippen LogP contribution in [0.25, 0.3) is 0 Å². The average molecular weight is 476 g/mol. The van der Waals surface area contributed by atoms with E-state index in [-0.39, 0.29) is 29.2 Å². The minimum Gasteiger partial charge on any atom is -0.379 e. The zero-order valence-corrected chi connectivity index (χ0v) is 18.8.